The molecule has 0 amide bonds. The van der Waals surface area contributed by atoms with Gasteiger partial charge in [0.2, 0.25) is 0 Å². The Morgan fingerprint density at radius 3 is 2.33 bits per heavy atom. The summed E-state index contributed by atoms with van der Waals surface area (Å²) in [6, 6.07) is 0. The molecule has 3 heteroatoms. The fourth-order valence-electron chi connectivity index (χ4n) is 0.0680. The van der Waals surface area contributed by atoms with Crippen LogP contribution < -0.4 is 0 Å². The van der Waals surface area contributed by atoms with E-state index in [0.29, 0.717) is 6.29 Å². The molecule has 0 aromatic heterocycles. The minimum atomic E-state index is 0. The van der Waals surface area contributed by atoms with Crippen LogP contribution in [0, 0.1) is 0 Å². The monoisotopic (exact) mass is 122 g/mol. The third kappa shape index (κ3) is 8.84. The number of carbonyl (C=O) groups is 1. The van der Waals surface area contributed by atoms with Crippen molar-refractivity contribution in [1.82, 2.24) is 0 Å². The summed E-state index contributed by atoms with van der Waals surface area (Å²) in [6.07, 6.45) is 0.708. The molecule has 0 rings (SSSR count). The summed E-state index contributed by atoms with van der Waals surface area (Å²) in [5.41, 5.74) is 0. The third-order valence-corrected chi connectivity index (χ3v) is 0.235. The van der Waals surface area contributed by atoms with E-state index in [0.717, 1.165) is 0 Å². The molecule has 0 aliphatic heterocycles. The van der Waals surface area contributed by atoms with E-state index < -0.39 is 0 Å². The smallest absolute Gasteiger partial charge is 0.145 e. The van der Waals surface area contributed by atoms with Gasteiger partial charge in [-0.15, -0.1) is 0 Å². The molecule has 0 aromatic carbocycles. The molecule has 2 nitrogen and oxygen atoms in total. The first-order valence-electron chi connectivity index (χ1n) is 1.34. The number of carbonyl (C=O) groups excluding carboxylic acids is 1. The zero-order chi connectivity index (χ0) is 4.12. The third-order valence-electron chi connectivity index (χ3n) is 0.235. The van der Waals surface area contributed by atoms with Crippen LogP contribution in [0.25, 0.3) is 0 Å². The molecule has 0 fully saturated rings. The Kier molecular flexibility index (Phi) is 14.4. The van der Waals surface area contributed by atoms with Crippen LogP contribution >= 0.6 is 0 Å². The van der Waals surface area contributed by atoms with Crippen molar-refractivity contribution >= 4 is 6.29 Å². The second-order valence-corrected chi connectivity index (χ2v) is 0.622. The van der Waals surface area contributed by atoms with E-state index in [9.17, 15) is 4.79 Å². The Morgan fingerprint density at radius 2 is 2.33 bits per heavy atom. The predicted molar refractivity (Wildman–Crippen MR) is 17.9 cm³/mol. The number of ether oxygens (including phenoxy) is 1. The fourth-order valence-corrected chi connectivity index (χ4v) is 0.0680. The van der Waals surface area contributed by atoms with Crippen LogP contribution in [-0.4, -0.2) is 20.0 Å². The number of rotatable bonds is 2. The van der Waals surface area contributed by atoms with Crippen LogP contribution in [0.15, 0.2) is 0 Å². The van der Waals surface area contributed by atoms with Crippen molar-refractivity contribution in [3.8, 4) is 0 Å². The van der Waals surface area contributed by atoms with Crippen molar-refractivity contribution in [2.24, 2.45) is 0 Å². The largest absolute Gasteiger partial charge is 0.377 e. The van der Waals surface area contributed by atoms with E-state index >= 15 is 0 Å². The molecule has 0 saturated heterocycles. The Bertz CT molecular complexity index is 30.0. The Morgan fingerprint density at radius 1 is 1.83 bits per heavy atom. The molecule has 0 bridgehead atoms. The zero-order valence-electron chi connectivity index (χ0n) is 3.60. The van der Waals surface area contributed by atoms with Gasteiger partial charge in [0.1, 0.15) is 12.9 Å². The van der Waals surface area contributed by atoms with Gasteiger partial charge in [-0.25, -0.2) is 0 Å². The van der Waals surface area contributed by atoms with Crippen LogP contribution in [0.2, 0.25) is 0 Å². The Balaban J connectivity index is 0. The molecular formula is C3H6O2Ti. The number of hydrogen-bond donors (Lipinski definition) is 0. The average molecular weight is 122 g/mol. The number of methoxy groups -OCH3 is 1. The molecule has 0 heterocycles. The summed E-state index contributed by atoms with van der Waals surface area (Å²) < 4.78 is 4.32. The quantitative estimate of drug-likeness (QED) is 0.375. The van der Waals surface area contributed by atoms with Crippen molar-refractivity contribution in [2.75, 3.05) is 13.7 Å². The minimum Gasteiger partial charge on any atom is -0.377 e. The molecule has 0 atom stereocenters. The first kappa shape index (κ1) is 9.60. The fraction of sp³-hybridized carbons (Fsp3) is 0.667. The van der Waals surface area contributed by atoms with Gasteiger partial charge in [0.25, 0.3) is 0 Å². The van der Waals surface area contributed by atoms with Gasteiger partial charge in [0.15, 0.2) is 0 Å². The summed E-state index contributed by atoms with van der Waals surface area (Å²) in [5, 5.41) is 0. The summed E-state index contributed by atoms with van der Waals surface area (Å²) >= 11 is 0. The van der Waals surface area contributed by atoms with Crippen molar-refractivity contribution < 1.29 is 31.2 Å². The van der Waals surface area contributed by atoms with Crippen LogP contribution in [0.5, 0.6) is 0 Å². The summed E-state index contributed by atoms with van der Waals surface area (Å²) in [4.78, 5) is 9.28. The van der Waals surface area contributed by atoms with Crippen LogP contribution in [-0.2, 0) is 31.2 Å². The summed E-state index contributed by atoms with van der Waals surface area (Å²) in [5.74, 6) is 0. The molecule has 0 radical (unpaired) electrons. The molecule has 0 aromatic rings. The molecular weight excluding hydrogens is 116 g/mol. The van der Waals surface area contributed by atoms with Gasteiger partial charge < -0.3 is 9.53 Å². The van der Waals surface area contributed by atoms with E-state index in [-0.39, 0.29) is 28.3 Å². The Hall–Kier alpha value is 0.344. The first-order chi connectivity index (χ1) is 2.41. The van der Waals surface area contributed by atoms with E-state index in [1.54, 1.807) is 0 Å². The first-order valence-corrected chi connectivity index (χ1v) is 1.34. The van der Waals surface area contributed by atoms with Gasteiger partial charge in [-0.2, -0.15) is 0 Å². The van der Waals surface area contributed by atoms with Gasteiger partial charge in [-0.1, -0.05) is 0 Å². The summed E-state index contributed by atoms with van der Waals surface area (Å²) in [6.45, 7) is 0.208. The maximum atomic E-state index is 9.28. The second kappa shape index (κ2) is 9.02. The van der Waals surface area contributed by atoms with Crippen molar-refractivity contribution in [2.45, 2.75) is 0 Å². The van der Waals surface area contributed by atoms with Gasteiger partial charge in [-0.05, 0) is 0 Å². The molecule has 0 unspecified atom stereocenters. The molecule has 0 saturated carbocycles. The van der Waals surface area contributed by atoms with Crippen LogP contribution in [0.4, 0.5) is 0 Å². The SMILES string of the molecule is COCC=O.[Ti]. The average Bonchev–Trinajstić information content (AvgIpc) is 1.41. The van der Waals surface area contributed by atoms with E-state index in [1.165, 1.54) is 7.11 Å². The maximum Gasteiger partial charge on any atom is 0.145 e. The van der Waals surface area contributed by atoms with Crippen molar-refractivity contribution in [3.05, 3.63) is 0 Å². The Labute approximate surface area is 51.8 Å². The normalized spacial score (nSPS) is 6.17. The maximum absolute atomic E-state index is 9.28. The van der Waals surface area contributed by atoms with E-state index in [2.05, 4.69) is 4.74 Å². The standard InChI is InChI=1S/C3H6O2.Ti/c1-5-3-2-4;/h2H,3H2,1H3;. The molecule has 6 heavy (non-hydrogen) atoms. The molecule has 34 valence electrons. The van der Waals surface area contributed by atoms with E-state index in [1.807, 2.05) is 0 Å². The van der Waals surface area contributed by atoms with Crippen molar-refractivity contribution in [3.63, 3.8) is 0 Å². The molecule has 0 spiro atoms. The molecule has 0 aliphatic rings. The van der Waals surface area contributed by atoms with Crippen LogP contribution in [0.3, 0.4) is 0 Å². The number of aldehydes is 1. The summed E-state index contributed by atoms with van der Waals surface area (Å²) in [7, 11) is 1.48. The number of hydrogen-bond acceptors (Lipinski definition) is 2. The van der Waals surface area contributed by atoms with Crippen LogP contribution in [0.1, 0.15) is 0 Å². The van der Waals surface area contributed by atoms with Gasteiger partial charge in [-0.3, -0.25) is 0 Å². The minimum absolute atomic E-state index is 0. The van der Waals surface area contributed by atoms with Gasteiger partial charge in [0.05, 0.1) is 0 Å². The zero-order valence-corrected chi connectivity index (χ0v) is 5.16. The second-order valence-electron chi connectivity index (χ2n) is 0.622. The topological polar surface area (TPSA) is 26.3 Å². The molecule has 0 aliphatic carbocycles. The molecule has 0 N–H and O–H groups in total. The predicted octanol–water partition coefficient (Wildman–Crippen LogP) is -0.171. The van der Waals surface area contributed by atoms with Crippen molar-refractivity contribution in [1.29, 1.82) is 0 Å². The van der Waals surface area contributed by atoms with E-state index in [4.69, 9.17) is 0 Å². The van der Waals surface area contributed by atoms with Gasteiger partial charge >= 0.3 is 0 Å². The van der Waals surface area contributed by atoms with Gasteiger partial charge in [0, 0.05) is 28.8 Å².